The Morgan fingerprint density at radius 1 is 1.30 bits per heavy atom. The van der Waals surface area contributed by atoms with Gasteiger partial charge in [0.25, 0.3) is 0 Å². The molecule has 0 heterocycles. The molecule has 0 spiro atoms. The Labute approximate surface area is 124 Å². The molecule has 0 aliphatic rings. The van der Waals surface area contributed by atoms with E-state index in [9.17, 15) is 4.39 Å². The Morgan fingerprint density at radius 2 is 2.10 bits per heavy atom. The number of rotatable bonds is 4. The Kier molecular flexibility index (Phi) is 4.57. The average molecular weight is 338 g/mol. The van der Waals surface area contributed by atoms with Gasteiger partial charge in [0.2, 0.25) is 0 Å². The van der Waals surface area contributed by atoms with Gasteiger partial charge >= 0.3 is 0 Å². The molecule has 0 saturated heterocycles. The Balaban J connectivity index is 2.21. The molecule has 0 aliphatic heterocycles. The fourth-order valence-corrected chi connectivity index (χ4v) is 2.19. The highest BCUT2D eigenvalue weighted by molar-refractivity contribution is 9.10. The maximum atomic E-state index is 13.2. The summed E-state index contributed by atoms with van der Waals surface area (Å²) < 4.78 is 14.2. The van der Waals surface area contributed by atoms with E-state index in [0.717, 1.165) is 15.7 Å². The van der Waals surface area contributed by atoms with Crippen molar-refractivity contribution in [2.24, 2.45) is 10.9 Å². The molecule has 4 nitrogen and oxygen atoms in total. The number of anilines is 1. The highest BCUT2D eigenvalue weighted by Crippen LogP contribution is 2.18. The van der Waals surface area contributed by atoms with Crippen molar-refractivity contribution in [2.45, 2.75) is 6.54 Å². The quantitative estimate of drug-likeness (QED) is 0.347. The minimum atomic E-state index is -0.433. The van der Waals surface area contributed by atoms with Crippen molar-refractivity contribution in [1.82, 2.24) is 0 Å². The molecule has 20 heavy (non-hydrogen) atoms. The number of amidine groups is 1. The van der Waals surface area contributed by atoms with Crippen LogP contribution in [0.3, 0.4) is 0 Å². The van der Waals surface area contributed by atoms with E-state index in [2.05, 4.69) is 26.4 Å². The Hall–Kier alpha value is -2.08. The second kappa shape index (κ2) is 6.38. The zero-order valence-electron chi connectivity index (χ0n) is 10.5. The van der Waals surface area contributed by atoms with Crippen LogP contribution in [-0.4, -0.2) is 11.0 Å². The third-order valence-corrected chi connectivity index (χ3v) is 3.26. The van der Waals surface area contributed by atoms with E-state index in [0.29, 0.717) is 12.1 Å². The molecule has 2 aromatic rings. The van der Waals surface area contributed by atoms with Crippen LogP contribution in [0.15, 0.2) is 52.1 Å². The van der Waals surface area contributed by atoms with Crippen molar-refractivity contribution in [3.8, 4) is 0 Å². The number of nitrogens with zero attached hydrogens (tertiary/aromatic N) is 1. The van der Waals surface area contributed by atoms with Gasteiger partial charge in [-0.2, -0.15) is 0 Å². The summed E-state index contributed by atoms with van der Waals surface area (Å²) in [4.78, 5) is 0. The zero-order chi connectivity index (χ0) is 14.5. The largest absolute Gasteiger partial charge is 0.409 e. The topological polar surface area (TPSA) is 70.6 Å². The molecule has 0 radical (unpaired) electrons. The number of nitrogens with two attached hydrogens (primary N) is 1. The molecule has 2 rings (SSSR count). The van der Waals surface area contributed by atoms with Crippen LogP contribution in [0.2, 0.25) is 0 Å². The number of nitrogens with one attached hydrogen (secondary N) is 1. The Morgan fingerprint density at radius 3 is 2.80 bits per heavy atom. The summed E-state index contributed by atoms with van der Waals surface area (Å²) in [5, 5.41) is 14.9. The van der Waals surface area contributed by atoms with Gasteiger partial charge in [-0.3, -0.25) is 0 Å². The van der Waals surface area contributed by atoms with Crippen molar-refractivity contribution in [3.05, 3.63) is 63.9 Å². The second-order valence-electron chi connectivity index (χ2n) is 4.15. The minimum absolute atomic E-state index is 0.115. The molecule has 2 aromatic carbocycles. The Bertz CT molecular complexity index is 646. The first kappa shape index (κ1) is 14.3. The number of oxime groups is 1. The van der Waals surface area contributed by atoms with Crippen LogP contribution in [0.4, 0.5) is 10.1 Å². The molecule has 6 heteroatoms. The SMILES string of the molecule is NC(=NO)c1cc(F)ccc1CNc1cccc(Br)c1. The molecule has 0 amide bonds. The first-order valence-corrected chi connectivity index (χ1v) is 6.65. The molecule has 104 valence electrons. The van der Waals surface area contributed by atoms with Crippen LogP contribution in [0.1, 0.15) is 11.1 Å². The smallest absolute Gasteiger partial charge is 0.170 e. The first-order chi connectivity index (χ1) is 9.60. The van der Waals surface area contributed by atoms with Gasteiger partial charge in [0.05, 0.1) is 0 Å². The second-order valence-corrected chi connectivity index (χ2v) is 5.07. The summed E-state index contributed by atoms with van der Waals surface area (Å²) >= 11 is 3.39. The molecule has 4 N–H and O–H groups in total. The van der Waals surface area contributed by atoms with Crippen LogP contribution in [0.25, 0.3) is 0 Å². The lowest BCUT2D eigenvalue weighted by Crippen LogP contribution is -2.17. The molecule has 0 bridgehead atoms. The zero-order valence-corrected chi connectivity index (χ0v) is 12.1. The molecular formula is C14H13BrFN3O. The fraction of sp³-hybridized carbons (Fsp3) is 0.0714. The van der Waals surface area contributed by atoms with Crippen LogP contribution in [0.5, 0.6) is 0 Å². The minimum Gasteiger partial charge on any atom is -0.409 e. The van der Waals surface area contributed by atoms with Crippen molar-refractivity contribution < 1.29 is 9.60 Å². The molecule has 0 saturated carbocycles. The molecule has 0 fully saturated rings. The van der Waals surface area contributed by atoms with Gasteiger partial charge in [-0.15, -0.1) is 0 Å². The normalized spacial score (nSPS) is 11.4. The van der Waals surface area contributed by atoms with Crippen molar-refractivity contribution in [2.75, 3.05) is 5.32 Å². The molecule has 0 aliphatic carbocycles. The van der Waals surface area contributed by atoms with E-state index in [1.165, 1.54) is 12.1 Å². The van der Waals surface area contributed by atoms with Gasteiger partial charge in [-0.05, 0) is 35.9 Å². The van der Waals surface area contributed by atoms with Crippen molar-refractivity contribution in [3.63, 3.8) is 0 Å². The summed E-state index contributed by atoms with van der Waals surface area (Å²) in [5.41, 5.74) is 7.57. The van der Waals surface area contributed by atoms with E-state index < -0.39 is 5.82 Å². The van der Waals surface area contributed by atoms with E-state index in [1.807, 2.05) is 24.3 Å². The summed E-state index contributed by atoms with van der Waals surface area (Å²) in [6.07, 6.45) is 0. The lowest BCUT2D eigenvalue weighted by molar-refractivity contribution is 0.318. The van der Waals surface area contributed by atoms with E-state index >= 15 is 0 Å². The van der Waals surface area contributed by atoms with Crippen LogP contribution >= 0.6 is 15.9 Å². The van der Waals surface area contributed by atoms with Crippen LogP contribution < -0.4 is 11.1 Å². The third kappa shape index (κ3) is 3.48. The van der Waals surface area contributed by atoms with Gasteiger partial charge in [-0.1, -0.05) is 33.2 Å². The van der Waals surface area contributed by atoms with Gasteiger partial charge in [0.15, 0.2) is 5.84 Å². The van der Waals surface area contributed by atoms with E-state index in [4.69, 9.17) is 10.9 Å². The van der Waals surface area contributed by atoms with Gasteiger partial charge in [-0.25, -0.2) is 4.39 Å². The van der Waals surface area contributed by atoms with E-state index in [-0.39, 0.29) is 5.84 Å². The fourth-order valence-electron chi connectivity index (χ4n) is 1.79. The molecule has 0 aromatic heterocycles. The van der Waals surface area contributed by atoms with Gasteiger partial charge in [0.1, 0.15) is 5.82 Å². The average Bonchev–Trinajstić information content (AvgIpc) is 2.45. The van der Waals surface area contributed by atoms with Crippen LogP contribution in [0, 0.1) is 5.82 Å². The number of halogens is 2. The monoisotopic (exact) mass is 337 g/mol. The number of hydrogen-bond acceptors (Lipinski definition) is 3. The molecule has 0 unspecified atom stereocenters. The lowest BCUT2D eigenvalue weighted by atomic mass is 10.1. The predicted octanol–water partition coefficient (Wildman–Crippen LogP) is 3.29. The number of benzene rings is 2. The predicted molar refractivity (Wildman–Crippen MR) is 80.4 cm³/mol. The van der Waals surface area contributed by atoms with Gasteiger partial charge < -0.3 is 16.3 Å². The highest BCUT2D eigenvalue weighted by Gasteiger charge is 2.08. The van der Waals surface area contributed by atoms with Crippen molar-refractivity contribution in [1.29, 1.82) is 0 Å². The standard InChI is InChI=1S/C14H13BrFN3O/c15-10-2-1-3-12(6-10)18-8-9-4-5-11(16)7-13(9)14(17)19-20/h1-7,18,20H,8H2,(H2,17,19). The number of hydrogen-bond donors (Lipinski definition) is 3. The highest BCUT2D eigenvalue weighted by atomic mass is 79.9. The maximum absolute atomic E-state index is 13.2. The first-order valence-electron chi connectivity index (χ1n) is 5.86. The van der Waals surface area contributed by atoms with Gasteiger partial charge in [0, 0.05) is 22.3 Å². The lowest BCUT2D eigenvalue weighted by Gasteiger charge is -2.11. The summed E-state index contributed by atoms with van der Waals surface area (Å²) in [6, 6.07) is 11.9. The summed E-state index contributed by atoms with van der Waals surface area (Å²) in [5.74, 6) is -0.548. The molecule has 0 atom stereocenters. The maximum Gasteiger partial charge on any atom is 0.170 e. The van der Waals surface area contributed by atoms with Crippen molar-refractivity contribution >= 4 is 27.5 Å². The summed E-state index contributed by atoms with van der Waals surface area (Å²) in [7, 11) is 0. The summed E-state index contributed by atoms with van der Waals surface area (Å²) in [6.45, 7) is 0.433. The van der Waals surface area contributed by atoms with Crippen LogP contribution in [-0.2, 0) is 6.54 Å². The third-order valence-electron chi connectivity index (χ3n) is 2.76. The molecular weight excluding hydrogens is 325 g/mol. The van der Waals surface area contributed by atoms with E-state index in [1.54, 1.807) is 6.07 Å².